The molecule has 0 amide bonds. The molecule has 0 N–H and O–H groups in total. The fourth-order valence-electron chi connectivity index (χ4n) is 4.39. The largest absolute Gasteiger partial charge is 0.573 e. The van der Waals surface area contributed by atoms with Gasteiger partial charge in [-0.1, -0.05) is 42.5 Å². The zero-order chi connectivity index (χ0) is 24.1. The summed E-state index contributed by atoms with van der Waals surface area (Å²) in [6.07, 6.45) is -0.852. The minimum atomic E-state index is -4.81. The van der Waals surface area contributed by atoms with Crippen LogP contribution in [0.25, 0.3) is 0 Å². The Bertz CT molecular complexity index is 882. The number of hydrogen-bond donors (Lipinski definition) is 0. The Hall–Kier alpha value is -2.41. The van der Waals surface area contributed by atoms with Gasteiger partial charge in [0, 0.05) is 0 Å². The second-order valence-corrected chi connectivity index (χ2v) is 8.60. The van der Waals surface area contributed by atoms with Gasteiger partial charge in [-0.3, -0.25) is 0 Å². The average molecular weight is 469 g/mol. The van der Waals surface area contributed by atoms with Crippen molar-refractivity contribution >= 4 is 0 Å². The van der Waals surface area contributed by atoms with Crippen LogP contribution in [0.15, 0.2) is 61.2 Å². The summed E-state index contributed by atoms with van der Waals surface area (Å²) in [6, 6.07) is 11.0. The van der Waals surface area contributed by atoms with Crippen LogP contribution in [0.5, 0.6) is 5.75 Å². The quantitative estimate of drug-likeness (QED) is 0.271. The first-order valence-electron chi connectivity index (χ1n) is 11.2. The van der Waals surface area contributed by atoms with Crippen molar-refractivity contribution in [1.29, 1.82) is 0 Å². The lowest BCUT2D eigenvalue weighted by Gasteiger charge is -2.29. The van der Waals surface area contributed by atoms with Crippen LogP contribution in [0, 0.1) is 5.92 Å². The standard InChI is InChI=1S/C26H29F5O2/c1-3-4-5-19-6-8-21(9-7-19)22-10-14-23(15-11-22)25(27,28)32-18(2)20-12-16-24(17-13-20)33-26(29,30)31/h3,10-19,21H,1,4-9H2,2H3. The van der Waals surface area contributed by atoms with E-state index in [9.17, 15) is 22.0 Å². The van der Waals surface area contributed by atoms with E-state index in [0.717, 1.165) is 56.2 Å². The predicted molar refractivity (Wildman–Crippen MR) is 117 cm³/mol. The van der Waals surface area contributed by atoms with Gasteiger partial charge in [-0.15, -0.1) is 19.8 Å². The zero-order valence-electron chi connectivity index (χ0n) is 18.6. The molecule has 0 radical (unpaired) electrons. The first kappa shape index (κ1) is 25.2. The van der Waals surface area contributed by atoms with Gasteiger partial charge >= 0.3 is 12.5 Å². The molecule has 33 heavy (non-hydrogen) atoms. The third-order valence-corrected chi connectivity index (χ3v) is 6.25. The summed E-state index contributed by atoms with van der Waals surface area (Å²) in [7, 11) is 0. The molecule has 1 atom stereocenters. The molecule has 180 valence electrons. The highest BCUT2D eigenvalue weighted by molar-refractivity contribution is 5.30. The Morgan fingerprint density at radius 2 is 1.55 bits per heavy atom. The van der Waals surface area contributed by atoms with Crippen LogP contribution >= 0.6 is 0 Å². The van der Waals surface area contributed by atoms with Crippen LogP contribution in [0.4, 0.5) is 22.0 Å². The van der Waals surface area contributed by atoms with E-state index >= 15 is 0 Å². The highest BCUT2D eigenvalue weighted by atomic mass is 19.4. The van der Waals surface area contributed by atoms with E-state index in [4.69, 9.17) is 4.74 Å². The number of hydrogen-bond acceptors (Lipinski definition) is 2. The van der Waals surface area contributed by atoms with E-state index in [1.165, 1.54) is 31.2 Å². The number of benzene rings is 2. The molecule has 2 aromatic carbocycles. The van der Waals surface area contributed by atoms with Crippen molar-refractivity contribution in [3.63, 3.8) is 0 Å². The minimum absolute atomic E-state index is 0.255. The molecule has 1 saturated carbocycles. The highest BCUT2D eigenvalue weighted by Crippen LogP contribution is 2.40. The second-order valence-electron chi connectivity index (χ2n) is 8.60. The number of halogens is 5. The summed E-state index contributed by atoms with van der Waals surface area (Å²) in [6.45, 7) is 5.20. The third-order valence-electron chi connectivity index (χ3n) is 6.25. The summed E-state index contributed by atoms with van der Waals surface area (Å²) in [5.74, 6) is 0.673. The SMILES string of the molecule is C=CCCC1CCC(c2ccc(C(F)(F)OC(C)c3ccc(OC(F)(F)F)cc3)cc2)CC1. The summed E-state index contributed by atoms with van der Waals surface area (Å²) in [5.41, 5.74) is 1.12. The predicted octanol–water partition coefficient (Wildman–Crippen LogP) is 8.65. The Kier molecular flexibility index (Phi) is 8.16. The normalized spacial score (nSPS) is 20.3. The maximum absolute atomic E-state index is 14.7. The van der Waals surface area contributed by atoms with Crippen LogP contribution in [-0.4, -0.2) is 6.36 Å². The van der Waals surface area contributed by atoms with Gasteiger partial charge in [0.1, 0.15) is 5.75 Å². The maximum atomic E-state index is 14.7. The van der Waals surface area contributed by atoms with Crippen LogP contribution in [-0.2, 0) is 10.8 Å². The molecule has 2 nitrogen and oxygen atoms in total. The van der Waals surface area contributed by atoms with Gasteiger partial charge < -0.3 is 9.47 Å². The van der Waals surface area contributed by atoms with Crippen molar-refractivity contribution in [2.45, 2.75) is 69.9 Å². The number of rotatable bonds is 9. The molecule has 1 aliphatic carbocycles. The average Bonchev–Trinajstić information content (AvgIpc) is 2.77. The fourth-order valence-corrected chi connectivity index (χ4v) is 4.39. The number of ether oxygens (including phenoxy) is 2. The van der Waals surface area contributed by atoms with E-state index < -0.39 is 24.3 Å². The van der Waals surface area contributed by atoms with Gasteiger partial charge in [0.25, 0.3) is 0 Å². The van der Waals surface area contributed by atoms with E-state index in [-0.39, 0.29) is 5.56 Å². The molecule has 0 aromatic heterocycles. The summed E-state index contributed by atoms with van der Waals surface area (Å²) in [5, 5.41) is 0. The molecular formula is C26H29F5O2. The van der Waals surface area contributed by atoms with Crippen molar-refractivity contribution in [2.75, 3.05) is 0 Å². The minimum Gasteiger partial charge on any atom is -0.406 e. The molecule has 7 heteroatoms. The van der Waals surface area contributed by atoms with Crippen molar-refractivity contribution in [1.82, 2.24) is 0 Å². The van der Waals surface area contributed by atoms with Crippen molar-refractivity contribution < 1.29 is 31.4 Å². The lowest BCUT2D eigenvalue weighted by atomic mass is 9.77. The summed E-state index contributed by atoms with van der Waals surface area (Å²) >= 11 is 0. The molecular weight excluding hydrogens is 439 g/mol. The molecule has 2 aromatic rings. The molecule has 3 rings (SSSR count). The number of alkyl halides is 5. The highest BCUT2D eigenvalue weighted by Gasteiger charge is 2.36. The first-order valence-corrected chi connectivity index (χ1v) is 11.2. The number of allylic oxidation sites excluding steroid dienone is 1. The molecule has 0 aliphatic heterocycles. The Balaban J connectivity index is 1.58. The Morgan fingerprint density at radius 3 is 2.09 bits per heavy atom. The lowest BCUT2D eigenvalue weighted by Crippen LogP contribution is -2.21. The van der Waals surface area contributed by atoms with E-state index in [1.807, 2.05) is 6.08 Å². The van der Waals surface area contributed by atoms with E-state index in [2.05, 4.69) is 11.3 Å². The van der Waals surface area contributed by atoms with Crippen molar-refractivity contribution in [3.05, 3.63) is 77.9 Å². The molecule has 1 aliphatic rings. The smallest absolute Gasteiger partial charge is 0.406 e. The lowest BCUT2D eigenvalue weighted by molar-refractivity contribution is -0.274. The van der Waals surface area contributed by atoms with Gasteiger partial charge in [-0.05, 0) is 80.5 Å². The van der Waals surface area contributed by atoms with Crippen molar-refractivity contribution in [3.8, 4) is 5.75 Å². The van der Waals surface area contributed by atoms with Gasteiger partial charge in [0.15, 0.2) is 0 Å². The van der Waals surface area contributed by atoms with Crippen LogP contribution in [0.2, 0.25) is 0 Å². The molecule has 1 unspecified atom stereocenters. The molecule has 1 fully saturated rings. The van der Waals surface area contributed by atoms with Crippen LogP contribution in [0.1, 0.15) is 74.2 Å². The van der Waals surface area contributed by atoms with Crippen LogP contribution < -0.4 is 4.74 Å². The van der Waals surface area contributed by atoms with Crippen LogP contribution in [0.3, 0.4) is 0 Å². The van der Waals surface area contributed by atoms with Gasteiger partial charge in [-0.2, -0.15) is 8.78 Å². The molecule has 0 bridgehead atoms. The molecule has 0 saturated heterocycles. The first-order chi connectivity index (χ1) is 15.6. The summed E-state index contributed by atoms with van der Waals surface area (Å²) in [4.78, 5) is 0. The Labute approximate surface area is 191 Å². The third kappa shape index (κ3) is 7.29. The summed E-state index contributed by atoms with van der Waals surface area (Å²) < 4.78 is 75.1. The molecule has 0 spiro atoms. The van der Waals surface area contributed by atoms with E-state index in [0.29, 0.717) is 17.4 Å². The van der Waals surface area contributed by atoms with Gasteiger partial charge in [0.2, 0.25) is 0 Å². The monoisotopic (exact) mass is 468 g/mol. The zero-order valence-corrected chi connectivity index (χ0v) is 18.6. The van der Waals surface area contributed by atoms with Crippen molar-refractivity contribution in [2.24, 2.45) is 5.92 Å². The molecule has 0 heterocycles. The maximum Gasteiger partial charge on any atom is 0.573 e. The topological polar surface area (TPSA) is 18.5 Å². The van der Waals surface area contributed by atoms with Gasteiger partial charge in [-0.25, -0.2) is 0 Å². The van der Waals surface area contributed by atoms with E-state index in [1.54, 1.807) is 12.1 Å². The second kappa shape index (κ2) is 10.7. The Morgan fingerprint density at radius 1 is 0.939 bits per heavy atom. The fraction of sp³-hybridized carbons (Fsp3) is 0.462. The van der Waals surface area contributed by atoms with Gasteiger partial charge in [0.05, 0.1) is 11.7 Å².